The van der Waals surface area contributed by atoms with E-state index in [4.69, 9.17) is 14.2 Å². The fourth-order valence-electron chi connectivity index (χ4n) is 3.11. The van der Waals surface area contributed by atoms with Gasteiger partial charge in [0, 0.05) is 11.8 Å². The fourth-order valence-corrected chi connectivity index (χ4v) is 3.11. The Kier molecular flexibility index (Phi) is 4.94. The van der Waals surface area contributed by atoms with Crippen molar-refractivity contribution in [1.82, 2.24) is 4.98 Å². The number of nitrogens with zero attached hydrogens (tertiary/aromatic N) is 1. The number of benzene rings is 2. The first-order valence-corrected chi connectivity index (χ1v) is 8.94. The molecule has 0 spiro atoms. The van der Waals surface area contributed by atoms with Gasteiger partial charge in [0.1, 0.15) is 36.1 Å². The Bertz CT molecular complexity index is 885. The lowest BCUT2D eigenvalue weighted by Crippen LogP contribution is -2.35. The minimum absolute atomic E-state index is 0.103. The van der Waals surface area contributed by atoms with E-state index in [0.29, 0.717) is 22.8 Å². The van der Waals surface area contributed by atoms with E-state index < -0.39 is 12.2 Å². The number of aliphatic hydroxyl groups is 1. The molecule has 138 valence electrons. The van der Waals surface area contributed by atoms with Gasteiger partial charge in [0.15, 0.2) is 6.10 Å². The van der Waals surface area contributed by atoms with Gasteiger partial charge in [-0.05, 0) is 42.8 Å². The summed E-state index contributed by atoms with van der Waals surface area (Å²) in [5.41, 5.74) is 1.75. The van der Waals surface area contributed by atoms with E-state index in [1.54, 1.807) is 24.5 Å². The molecule has 0 fully saturated rings. The van der Waals surface area contributed by atoms with E-state index >= 15 is 0 Å². The Balaban J connectivity index is 1.51. The molecule has 0 bridgehead atoms. The number of fused-ring (bicyclic) bond motifs is 1. The lowest BCUT2D eigenvalue weighted by molar-refractivity contribution is -0.0106. The van der Waals surface area contributed by atoms with Crippen molar-refractivity contribution in [3.8, 4) is 17.2 Å². The first-order valence-electron chi connectivity index (χ1n) is 8.94. The molecule has 1 aliphatic heterocycles. The zero-order valence-corrected chi connectivity index (χ0v) is 15.0. The number of ether oxygens (including phenoxy) is 3. The molecule has 5 nitrogen and oxygen atoms in total. The third-order valence-corrected chi connectivity index (χ3v) is 4.56. The van der Waals surface area contributed by atoms with Crippen LogP contribution in [0.2, 0.25) is 0 Å². The number of rotatable bonds is 5. The minimum Gasteiger partial charge on any atom is -0.489 e. The van der Waals surface area contributed by atoms with Crippen molar-refractivity contribution >= 4 is 0 Å². The first-order chi connectivity index (χ1) is 13.2. The van der Waals surface area contributed by atoms with E-state index in [9.17, 15) is 5.11 Å². The average Bonchev–Trinajstić information content (AvgIpc) is 2.72. The number of hydrogen-bond donors (Lipinski definition) is 1. The summed E-state index contributed by atoms with van der Waals surface area (Å²) in [6.45, 7) is 2.26. The van der Waals surface area contributed by atoms with Crippen LogP contribution in [-0.4, -0.2) is 22.8 Å². The lowest BCUT2D eigenvalue weighted by atomic mass is 10.0. The third-order valence-electron chi connectivity index (χ3n) is 4.56. The Morgan fingerprint density at radius 1 is 1.07 bits per heavy atom. The summed E-state index contributed by atoms with van der Waals surface area (Å²) >= 11 is 0. The molecule has 3 unspecified atom stereocenters. The number of aromatic nitrogens is 1. The quantitative estimate of drug-likeness (QED) is 0.740. The Hall–Kier alpha value is -3.05. The van der Waals surface area contributed by atoms with Gasteiger partial charge in [0.2, 0.25) is 0 Å². The highest BCUT2D eigenvalue weighted by atomic mass is 16.5. The standard InChI is InChI=1S/C22H21NO4/c1-15(16-6-3-2-4-7-16)26-17-9-10-20-19(12-17)22(24)21(14-25-20)27-18-8-5-11-23-13-18/h2-13,15,21-22,24H,14H2,1H3. The van der Waals surface area contributed by atoms with Gasteiger partial charge in [0.25, 0.3) is 0 Å². The molecule has 1 aromatic heterocycles. The second-order valence-corrected chi connectivity index (χ2v) is 6.47. The average molecular weight is 363 g/mol. The van der Waals surface area contributed by atoms with Crippen molar-refractivity contribution in [2.45, 2.75) is 25.2 Å². The number of hydrogen-bond acceptors (Lipinski definition) is 5. The van der Waals surface area contributed by atoms with Gasteiger partial charge in [-0.2, -0.15) is 0 Å². The van der Waals surface area contributed by atoms with Crippen LogP contribution < -0.4 is 14.2 Å². The monoisotopic (exact) mass is 363 g/mol. The van der Waals surface area contributed by atoms with E-state index in [2.05, 4.69) is 4.98 Å². The molecule has 3 atom stereocenters. The SMILES string of the molecule is CC(Oc1ccc2c(c1)C(O)C(Oc1cccnc1)CO2)c1ccccc1. The topological polar surface area (TPSA) is 60.8 Å². The maximum atomic E-state index is 10.8. The minimum atomic E-state index is -0.815. The summed E-state index contributed by atoms with van der Waals surface area (Å²) in [4.78, 5) is 4.03. The summed E-state index contributed by atoms with van der Waals surface area (Å²) in [6, 6.07) is 19.1. The molecule has 27 heavy (non-hydrogen) atoms. The number of pyridine rings is 1. The second kappa shape index (κ2) is 7.68. The molecule has 0 saturated carbocycles. The summed E-state index contributed by atoms with van der Waals surface area (Å²) in [5, 5.41) is 10.8. The van der Waals surface area contributed by atoms with Crippen molar-refractivity contribution in [3.63, 3.8) is 0 Å². The lowest BCUT2D eigenvalue weighted by Gasteiger charge is -2.31. The van der Waals surface area contributed by atoms with E-state index in [1.165, 1.54) is 0 Å². The number of aliphatic hydroxyl groups excluding tert-OH is 1. The van der Waals surface area contributed by atoms with Crippen LogP contribution in [-0.2, 0) is 0 Å². The molecule has 0 saturated heterocycles. The van der Waals surface area contributed by atoms with Gasteiger partial charge in [-0.3, -0.25) is 4.98 Å². The van der Waals surface area contributed by atoms with Gasteiger partial charge >= 0.3 is 0 Å². The summed E-state index contributed by atoms with van der Waals surface area (Å²) in [5.74, 6) is 1.92. The Labute approximate surface area is 158 Å². The van der Waals surface area contributed by atoms with Gasteiger partial charge in [-0.1, -0.05) is 30.3 Å². The Morgan fingerprint density at radius 2 is 1.93 bits per heavy atom. The molecule has 1 N–H and O–H groups in total. The predicted octanol–water partition coefficient (Wildman–Crippen LogP) is 4.10. The normalized spacial score (nSPS) is 19.5. The van der Waals surface area contributed by atoms with Crippen molar-refractivity contribution in [3.05, 3.63) is 84.2 Å². The van der Waals surface area contributed by atoms with Gasteiger partial charge < -0.3 is 19.3 Å². The molecular weight excluding hydrogens is 342 g/mol. The van der Waals surface area contributed by atoms with Crippen LogP contribution in [0.1, 0.15) is 30.3 Å². The van der Waals surface area contributed by atoms with Crippen molar-refractivity contribution in [1.29, 1.82) is 0 Å². The Morgan fingerprint density at radius 3 is 2.70 bits per heavy atom. The molecular formula is C22H21NO4. The fraction of sp³-hybridized carbons (Fsp3) is 0.227. The molecule has 0 radical (unpaired) electrons. The molecule has 0 amide bonds. The predicted molar refractivity (Wildman–Crippen MR) is 101 cm³/mol. The van der Waals surface area contributed by atoms with Gasteiger partial charge in [0.05, 0.1) is 6.20 Å². The van der Waals surface area contributed by atoms with Crippen molar-refractivity contribution in [2.24, 2.45) is 0 Å². The highest BCUT2D eigenvalue weighted by Crippen LogP contribution is 2.37. The highest BCUT2D eigenvalue weighted by molar-refractivity contribution is 5.44. The van der Waals surface area contributed by atoms with Crippen LogP contribution in [0, 0.1) is 0 Å². The summed E-state index contributed by atoms with van der Waals surface area (Å²) < 4.78 is 17.6. The highest BCUT2D eigenvalue weighted by Gasteiger charge is 2.31. The molecule has 5 heteroatoms. The van der Waals surface area contributed by atoms with Crippen LogP contribution in [0.4, 0.5) is 0 Å². The molecule has 1 aliphatic rings. The van der Waals surface area contributed by atoms with Crippen LogP contribution in [0.25, 0.3) is 0 Å². The zero-order valence-electron chi connectivity index (χ0n) is 15.0. The third kappa shape index (κ3) is 3.88. The van der Waals surface area contributed by atoms with Crippen LogP contribution in [0.3, 0.4) is 0 Å². The van der Waals surface area contributed by atoms with Crippen LogP contribution in [0.15, 0.2) is 73.1 Å². The smallest absolute Gasteiger partial charge is 0.163 e. The molecule has 4 rings (SSSR count). The van der Waals surface area contributed by atoms with Crippen molar-refractivity contribution in [2.75, 3.05) is 6.61 Å². The first kappa shape index (κ1) is 17.4. The largest absolute Gasteiger partial charge is 0.489 e. The second-order valence-electron chi connectivity index (χ2n) is 6.47. The molecule has 2 heterocycles. The van der Waals surface area contributed by atoms with E-state index in [1.807, 2.05) is 55.5 Å². The summed E-state index contributed by atoms with van der Waals surface area (Å²) in [7, 11) is 0. The van der Waals surface area contributed by atoms with Crippen molar-refractivity contribution < 1.29 is 19.3 Å². The van der Waals surface area contributed by atoms with E-state index in [-0.39, 0.29) is 12.7 Å². The molecule has 2 aromatic carbocycles. The van der Waals surface area contributed by atoms with Crippen LogP contribution >= 0.6 is 0 Å². The molecule has 0 aliphatic carbocycles. The molecule has 3 aromatic rings. The van der Waals surface area contributed by atoms with Crippen LogP contribution in [0.5, 0.6) is 17.2 Å². The maximum Gasteiger partial charge on any atom is 0.163 e. The van der Waals surface area contributed by atoms with E-state index in [0.717, 1.165) is 5.56 Å². The van der Waals surface area contributed by atoms with Gasteiger partial charge in [-0.25, -0.2) is 0 Å². The van der Waals surface area contributed by atoms with Gasteiger partial charge in [-0.15, -0.1) is 0 Å². The maximum absolute atomic E-state index is 10.8. The zero-order chi connectivity index (χ0) is 18.6. The summed E-state index contributed by atoms with van der Waals surface area (Å²) in [6.07, 6.45) is 1.86.